The number of carbonyl (C=O) groups excluding carboxylic acids is 1. The van der Waals surface area contributed by atoms with Crippen molar-refractivity contribution in [2.45, 2.75) is 52.4 Å². The molecule has 0 saturated carbocycles. The molecule has 0 unspecified atom stereocenters. The van der Waals surface area contributed by atoms with Gasteiger partial charge in [-0.15, -0.1) is 0 Å². The number of aromatic nitrogens is 4. The van der Waals surface area contributed by atoms with Crippen LogP contribution >= 0.6 is 0 Å². The molecule has 0 aliphatic carbocycles. The fourth-order valence-electron chi connectivity index (χ4n) is 3.78. The minimum atomic E-state index is -0.509. The number of aromatic amines is 2. The van der Waals surface area contributed by atoms with Crippen LogP contribution in [0, 0.1) is 0 Å². The predicted molar refractivity (Wildman–Crippen MR) is 103 cm³/mol. The lowest BCUT2D eigenvalue weighted by atomic mass is 9.86. The molecule has 0 bridgehead atoms. The minimum Gasteiger partial charge on any atom is -0.337 e. The number of anilines is 1. The van der Waals surface area contributed by atoms with Crippen molar-refractivity contribution < 1.29 is 4.79 Å². The van der Waals surface area contributed by atoms with Crippen LogP contribution in [-0.4, -0.2) is 32.6 Å². The second-order valence-corrected chi connectivity index (χ2v) is 7.58. The van der Waals surface area contributed by atoms with Gasteiger partial charge in [0.25, 0.3) is 0 Å². The highest BCUT2D eigenvalue weighted by Gasteiger charge is 2.43. The number of nitrogens with zero attached hydrogens (tertiary/aromatic N) is 3. The van der Waals surface area contributed by atoms with Crippen molar-refractivity contribution in [3.05, 3.63) is 29.5 Å². The number of hydrogen-bond donors (Lipinski definition) is 2. The van der Waals surface area contributed by atoms with E-state index in [1.54, 1.807) is 0 Å². The van der Waals surface area contributed by atoms with E-state index in [2.05, 4.69) is 35.1 Å². The van der Waals surface area contributed by atoms with Crippen LogP contribution in [0.3, 0.4) is 0 Å². The molecule has 0 radical (unpaired) electrons. The summed E-state index contributed by atoms with van der Waals surface area (Å²) in [5, 5.41) is 7.46. The number of H-pyrrole nitrogens is 2. The van der Waals surface area contributed by atoms with Crippen LogP contribution in [0.4, 0.5) is 5.69 Å². The summed E-state index contributed by atoms with van der Waals surface area (Å²) in [6, 6.07) is 6.16. The van der Waals surface area contributed by atoms with Gasteiger partial charge in [0.05, 0.1) is 22.1 Å². The lowest BCUT2D eigenvalue weighted by molar-refractivity contribution is -0.122. The molecule has 0 fully saturated rings. The molecule has 6 nitrogen and oxygen atoms in total. The largest absolute Gasteiger partial charge is 0.337 e. The Kier molecular flexibility index (Phi) is 3.86. The zero-order valence-electron chi connectivity index (χ0n) is 15.8. The predicted octanol–water partition coefficient (Wildman–Crippen LogP) is 3.94. The second-order valence-electron chi connectivity index (χ2n) is 7.58. The van der Waals surface area contributed by atoms with Gasteiger partial charge in [-0.25, -0.2) is 4.98 Å². The Morgan fingerprint density at radius 2 is 1.96 bits per heavy atom. The average molecular weight is 351 g/mol. The molecule has 26 heavy (non-hydrogen) atoms. The number of fused-ring (bicyclic) bond motifs is 2. The molecule has 2 N–H and O–H groups in total. The van der Waals surface area contributed by atoms with Crippen LogP contribution in [0.25, 0.3) is 22.6 Å². The Balaban J connectivity index is 1.80. The Labute approximate surface area is 153 Å². The first-order chi connectivity index (χ1) is 12.5. The van der Waals surface area contributed by atoms with Gasteiger partial charge in [-0.1, -0.05) is 20.3 Å². The van der Waals surface area contributed by atoms with Gasteiger partial charge in [0.2, 0.25) is 5.91 Å². The van der Waals surface area contributed by atoms with Crippen molar-refractivity contribution in [1.29, 1.82) is 0 Å². The molecule has 1 amide bonds. The van der Waals surface area contributed by atoms with Crippen LogP contribution in [0.5, 0.6) is 0 Å². The van der Waals surface area contributed by atoms with Crippen LogP contribution in [0.2, 0.25) is 0 Å². The average Bonchev–Trinajstić information content (AvgIpc) is 3.27. The van der Waals surface area contributed by atoms with E-state index in [9.17, 15) is 4.79 Å². The SMILES string of the molecule is CCCc1cc(-c2nc3cc4c(cc3[nH]2)C(C)(C)C(=O)N4CCC)n[nH]1. The third-order valence-electron chi connectivity index (χ3n) is 5.18. The number of nitrogens with one attached hydrogen (secondary N) is 2. The van der Waals surface area contributed by atoms with Gasteiger partial charge in [-0.3, -0.25) is 9.89 Å². The van der Waals surface area contributed by atoms with Crippen molar-refractivity contribution in [2.75, 3.05) is 11.4 Å². The van der Waals surface area contributed by atoms with Gasteiger partial charge < -0.3 is 9.88 Å². The molecule has 0 saturated heterocycles. The normalized spacial score (nSPS) is 15.8. The molecule has 0 atom stereocenters. The molecule has 3 heterocycles. The quantitative estimate of drug-likeness (QED) is 0.731. The smallest absolute Gasteiger partial charge is 0.237 e. The fourth-order valence-corrected chi connectivity index (χ4v) is 3.78. The van der Waals surface area contributed by atoms with Crippen LogP contribution in [-0.2, 0) is 16.6 Å². The Morgan fingerprint density at radius 1 is 1.15 bits per heavy atom. The first-order valence-corrected chi connectivity index (χ1v) is 9.36. The lowest BCUT2D eigenvalue weighted by Gasteiger charge is -2.19. The van der Waals surface area contributed by atoms with E-state index in [0.29, 0.717) is 0 Å². The van der Waals surface area contributed by atoms with Gasteiger partial charge >= 0.3 is 0 Å². The summed E-state index contributed by atoms with van der Waals surface area (Å²) in [5.74, 6) is 0.923. The Bertz CT molecular complexity index is 981. The highest BCUT2D eigenvalue weighted by molar-refractivity contribution is 6.09. The zero-order valence-corrected chi connectivity index (χ0v) is 15.8. The number of imidazole rings is 1. The zero-order chi connectivity index (χ0) is 18.5. The third-order valence-corrected chi connectivity index (χ3v) is 5.18. The number of aryl methyl sites for hydroxylation is 1. The maximum absolute atomic E-state index is 12.8. The van der Waals surface area contributed by atoms with E-state index in [1.807, 2.05) is 30.9 Å². The van der Waals surface area contributed by atoms with Gasteiger partial charge in [0.1, 0.15) is 5.69 Å². The standard InChI is InChI=1S/C20H25N5O/c1-5-7-12-9-16(24-23-12)18-21-14-10-13-17(11-15(14)22-18)25(8-6-2)19(26)20(13,3)4/h9-11H,5-8H2,1-4H3,(H,21,22)(H,23,24). The first kappa shape index (κ1) is 16.8. The molecule has 4 rings (SSSR count). The Morgan fingerprint density at radius 3 is 2.69 bits per heavy atom. The van der Waals surface area contributed by atoms with E-state index in [0.717, 1.165) is 65.3 Å². The summed E-state index contributed by atoms with van der Waals surface area (Å²) in [6.45, 7) is 8.97. The third kappa shape index (κ3) is 2.43. The minimum absolute atomic E-state index is 0.165. The molecule has 0 spiro atoms. The van der Waals surface area contributed by atoms with Gasteiger partial charge in [0.15, 0.2) is 5.82 Å². The molecule has 3 aromatic rings. The van der Waals surface area contributed by atoms with Gasteiger partial charge in [-0.2, -0.15) is 5.10 Å². The maximum Gasteiger partial charge on any atom is 0.237 e. The van der Waals surface area contributed by atoms with Crippen molar-refractivity contribution in [3.8, 4) is 11.5 Å². The van der Waals surface area contributed by atoms with Gasteiger partial charge in [0, 0.05) is 12.2 Å². The molecular weight excluding hydrogens is 326 g/mol. The number of amides is 1. The summed E-state index contributed by atoms with van der Waals surface area (Å²) >= 11 is 0. The van der Waals surface area contributed by atoms with Crippen molar-refractivity contribution in [1.82, 2.24) is 20.2 Å². The van der Waals surface area contributed by atoms with E-state index >= 15 is 0 Å². The van der Waals surface area contributed by atoms with Gasteiger partial charge in [-0.05, 0) is 50.5 Å². The number of hydrogen-bond acceptors (Lipinski definition) is 3. The molecule has 6 heteroatoms. The van der Waals surface area contributed by atoms with Crippen LogP contribution in [0.1, 0.15) is 51.8 Å². The summed E-state index contributed by atoms with van der Waals surface area (Å²) in [4.78, 5) is 22.8. The highest BCUT2D eigenvalue weighted by atomic mass is 16.2. The number of rotatable bonds is 5. The van der Waals surface area contributed by atoms with E-state index in [-0.39, 0.29) is 5.91 Å². The fraction of sp³-hybridized carbons (Fsp3) is 0.450. The van der Waals surface area contributed by atoms with Crippen LogP contribution < -0.4 is 4.90 Å². The lowest BCUT2D eigenvalue weighted by Crippen LogP contribution is -2.36. The number of carbonyl (C=O) groups is 1. The van der Waals surface area contributed by atoms with Crippen molar-refractivity contribution in [2.24, 2.45) is 0 Å². The molecule has 1 aliphatic heterocycles. The molecule has 1 aromatic carbocycles. The number of benzene rings is 1. The maximum atomic E-state index is 12.8. The van der Waals surface area contributed by atoms with Crippen molar-refractivity contribution >= 4 is 22.6 Å². The summed E-state index contributed by atoms with van der Waals surface area (Å²) < 4.78 is 0. The second kappa shape index (κ2) is 5.97. The van der Waals surface area contributed by atoms with E-state index in [1.165, 1.54) is 0 Å². The van der Waals surface area contributed by atoms with Crippen LogP contribution in [0.15, 0.2) is 18.2 Å². The summed E-state index contributed by atoms with van der Waals surface area (Å²) in [6.07, 6.45) is 2.98. The highest BCUT2D eigenvalue weighted by Crippen LogP contribution is 2.43. The first-order valence-electron chi connectivity index (χ1n) is 9.36. The van der Waals surface area contributed by atoms with Crippen molar-refractivity contribution in [3.63, 3.8) is 0 Å². The summed E-state index contributed by atoms with van der Waals surface area (Å²) in [5.41, 5.74) is 5.29. The molecule has 136 valence electrons. The summed E-state index contributed by atoms with van der Waals surface area (Å²) in [7, 11) is 0. The topological polar surface area (TPSA) is 77.7 Å². The molecule has 1 aliphatic rings. The monoisotopic (exact) mass is 351 g/mol. The molecular formula is C20H25N5O. The Hall–Kier alpha value is -2.63. The molecule has 2 aromatic heterocycles. The van der Waals surface area contributed by atoms with E-state index in [4.69, 9.17) is 4.98 Å². The van der Waals surface area contributed by atoms with E-state index < -0.39 is 5.41 Å².